The Morgan fingerprint density at radius 3 is 2.56 bits per heavy atom. The predicted molar refractivity (Wildman–Crippen MR) is 153 cm³/mol. The third-order valence-corrected chi connectivity index (χ3v) is 9.58. The molecule has 4 atom stereocenters. The van der Waals surface area contributed by atoms with Crippen LogP contribution in [0.15, 0.2) is 60.7 Å². The number of carbonyl (C=O) groups excluding carboxylic acids is 3. The van der Waals surface area contributed by atoms with Crippen molar-refractivity contribution in [2.24, 2.45) is 11.8 Å². The van der Waals surface area contributed by atoms with Crippen LogP contribution in [0.5, 0.6) is 0 Å². The van der Waals surface area contributed by atoms with Gasteiger partial charge < -0.3 is 15.0 Å². The Hall–Kier alpha value is -3.46. The van der Waals surface area contributed by atoms with Crippen molar-refractivity contribution in [2.75, 3.05) is 30.4 Å². The van der Waals surface area contributed by atoms with Gasteiger partial charge in [-0.1, -0.05) is 41.4 Å². The van der Waals surface area contributed by atoms with Crippen LogP contribution in [0.3, 0.4) is 0 Å². The van der Waals surface area contributed by atoms with Gasteiger partial charge in [0.1, 0.15) is 11.4 Å². The van der Waals surface area contributed by atoms with Crippen LogP contribution in [0.25, 0.3) is 0 Å². The molecule has 41 heavy (non-hydrogen) atoms. The molecule has 0 aromatic heterocycles. The molecule has 2 saturated heterocycles. The lowest BCUT2D eigenvalue weighted by Crippen LogP contribution is -2.54. The standard InChI is InChI=1S/C31H26Cl2FN3O4/c1-41-29(39)17-7-10-19(11-8-17)36-15-24-25(28(36)38)26(20-3-2-4-22(33)27(20)34)31(37(24)14-16-5-6-16)21-12-9-18(32)13-23(21)35-30(31)40/h2-4,7-13,16,24-26H,5-6,14-15H2,1H3,(H,35,40)/t24-,25+,26-,31+/m0/s1. The molecule has 210 valence electrons. The molecular formula is C31H26Cl2FN3O4. The number of carbonyl (C=O) groups is 3. The van der Waals surface area contributed by atoms with Gasteiger partial charge in [-0.05, 0) is 66.8 Å². The summed E-state index contributed by atoms with van der Waals surface area (Å²) in [6, 6.07) is 16.3. The average molecular weight is 594 g/mol. The van der Waals surface area contributed by atoms with E-state index in [1.165, 1.54) is 13.2 Å². The van der Waals surface area contributed by atoms with Crippen molar-refractivity contribution >= 4 is 52.4 Å². The number of benzene rings is 3. The zero-order valence-corrected chi connectivity index (χ0v) is 23.6. The van der Waals surface area contributed by atoms with Crippen LogP contribution < -0.4 is 10.2 Å². The third kappa shape index (κ3) is 3.84. The average Bonchev–Trinajstić information content (AvgIpc) is 3.59. The number of rotatable bonds is 5. The second-order valence-corrected chi connectivity index (χ2v) is 12.1. The highest BCUT2D eigenvalue weighted by Crippen LogP contribution is 2.62. The van der Waals surface area contributed by atoms with Crippen molar-refractivity contribution in [3.8, 4) is 0 Å². The van der Waals surface area contributed by atoms with E-state index in [1.54, 1.807) is 53.4 Å². The molecule has 1 N–H and O–H groups in total. The molecule has 2 amide bonds. The predicted octanol–water partition coefficient (Wildman–Crippen LogP) is 5.61. The molecule has 3 heterocycles. The zero-order chi connectivity index (χ0) is 28.6. The van der Waals surface area contributed by atoms with Gasteiger partial charge in [0.25, 0.3) is 0 Å². The smallest absolute Gasteiger partial charge is 0.337 e. The van der Waals surface area contributed by atoms with E-state index in [1.807, 2.05) is 6.07 Å². The molecule has 1 saturated carbocycles. The monoisotopic (exact) mass is 593 g/mol. The van der Waals surface area contributed by atoms with Gasteiger partial charge in [0.05, 0.1) is 23.6 Å². The summed E-state index contributed by atoms with van der Waals surface area (Å²) < 4.78 is 20.8. The van der Waals surface area contributed by atoms with Crippen LogP contribution in [0.2, 0.25) is 10.0 Å². The van der Waals surface area contributed by atoms with Crippen molar-refractivity contribution in [1.29, 1.82) is 0 Å². The number of anilines is 2. The Balaban J connectivity index is 1.41. The first kappa shape index (κ1) is 26.4. The van der Waals surface area contributed by atoms with Gasteiger partial charge in [0.15, 0.2) is 0 Å². The number of likely N-dealkylation sites (tertiary alicyclic amines) is 1. The van der Waals surface area contributed by atoms with E-state index in [0.29, 0.717) is 46.5 Å². The Kier molecular flexibility index (Phi) is 6.15. The molecule has 0 radical (unpaired) electrons. The van der Waals surface area contributed by atoms with Crippen LogP contribution in [0.4, 0.5) is 15.8 Å². The minimum absolute atomic E-state index is 0.0646. The summed E-state index contributed by atoms with van der Waals surface area (Å²) in [5, 5.41) is 3.41. The molecule has 3 aromatic carbocycles. The molecular weight excluding hydrogens is 568 g/mol. The summed E-state index contributed by atoms with van der Waals surface area (Å²) in [6.45, 7) is 0.905. The number of nitrogens with one attached hydrogen (secondary N) is 1. The van der Waals surface area contributed by atoms with Crippen LogP contribution >= 0.6 is 23.2 Å². The molecule has 0 bridgehead atoms. The molecule has 1 spiro atoms. The Labute approximate surface area is 246 Å². The summed E-state index contributed by atoms with van der Waals surface area (Å²) in [5.41, 5.74) is 1.16. The van der Waals surface area contributed by atoms with Crippen LogP contribution in [0, 0.1) is 17.7 Å². The number of amides is 2. The van der Waals surface area contributed by atoms with E-state index in [9.17, 15) is 14.4 Å². The normalized spacial score (nSPS) is 26.8. The number of hydrogen-bond acceptors (Lipinski definition) is 5. The van der Waals surface area contributed by atoms with Crippen molar-refractivity contribution < 1.29 is 23.5 Å². The van der Waals surface area contributed by atoms with E-state index in [0.717, 1.165) is 12.8 Å². The van der Waals surface area contributed by atoms with Crippen LogP contribution in [0.1, 0.15) is 40.2 Å². The highest BCUT2D eigenvalue weighted by atomic mass is 35.5. The van der Waals surface area contributed by atoms with E-state index in [4.69, 9.17) is 27.9 Å². The lowest BCUT2D eigenvalue weighted by Gasteiger charge is -2.41. The van der Waals surface area contributed by atoms with Gasteiger partial charge in [-0.3, -0.25) is 14.5 Å². The molecule has 10 heteroatoms. The molecule has 3 aliphatic heterocycles. The van der Waals surface area contributed by atoms with E-state index in [2.05, 4.69) is 10.2 Å². The van der Waals surface area contributed by atoms with Crippen molar-refractivity contribution in [2.45, 2.75) is 30.3 Å². The summed E-state index contributed by atoms with van der Waals surface area (Å²) in [4.78, 5) is 44.5. The molecule has 3 aromatic rings. The first-order valence-electron chi connectivity index (χ1n) is 13.6. The minimum atomic E-state index is -1.32. The summed E-state index contributed by atoms with van der Waals surface area (Å²) in [5.74, 6) is -2.80. The summed E-state index contributed by atoms with van der Waals surface area (Å²) in [7, 11) is 1.31. The van der Waals surface area contributed by atoms with Gasteiger partial charge in [0.2, 0.25) is 11.8 Å². The molecule has 4 aliphatic rings. The maximum Gasteiger partial charge on any atom is 0.337 e. The number of ether oxygens (including phenoxy) is 1. The van der Waals surface area contributed by atoms with Crippen LogP contribution in [-0.2, 0) is 19.9 Å². The molecule has 3 fully saturated rings. The fourth-order valence-corrected chi connectivity index (χ4v) is 7.50. The molecule has 1 aliphatic carbocycles. The second-order valence-electron chi connectivity index (χ2n) is 11.2. The highest BCUT2D eigenvalue weighted by molar-refractivity contribution is 6.31. The number of halogens is 3. The van der Waals surface area contributed by atoms with E-state index < -0.39 is 29.2 Å². The van der Waals surface area contributed by atoms with Crippen LogP contribution in [-0.4, -0.2) is 48.9 Å². The molecule has 7 rings (SSSR count). The summed E-state index contributed by atoms with van der Waals surface area (Å²) >= 11 is 12.6. The maximum absolute atomic E-state index is 15.9. The number of nitrogens with zero attached hydrogens (tertiary/aromatic N) is 2. The van der Waals surface area contributed by atoms with Crippen molar-refractivity contribution in [1.82, 2.24) is 4.90 Å². The molecule has 0 unspecified atom stereocenters. The number of esters is 1. The zero-order valence-electron chi connectivity index (χ0n) is 22.1. The van der Waals surface area contributed by atoms with Gasteiger partial charge in [-0.15, -0.1) is 0 Å². The lowest BCUT2D eigenvalue weighted by atomic mass is 9.71. The second kappa shape index (κ2) is 9.54. The van der Waals surface area contributed by atoms with Gasteiger partial charge in [-0.2, -0.15) is 0 Å². The Morgan fingerprint density at radius 2 is 1.85 bits per heavy atom. The van der Waals surface area contributed by atoms with Crippen molar-refractivity contribution in [3.05, 3.63) is 93.2 Å². The SMILES string of the molecule is COC(=O)c1ccc(N2C[C@H]3[C@@H](C2=O)[C@H](c2cccc(Cl)c2F)[C@]2(C(=O)Nc4cc(Cl)ccc42)N3CC2CC2)cc1. The van der Waals surface area contributed by atoms with E-state index >= 15 is 4.39 Å². The fourth-order valence-electron chi connectivity index (χ4n) is 7.14. The maximum atomic E-state index is 15.9. The first-order valence-corrected chi connectivity index (χ1v) is 14.3. The van der Waals surface area contributed by atoms with Gasteiger partial charge in [0, 0.05) is 47.0 Å². The fraction of sp³-hybridized carbons (Fsp3) is 0.323. The largest absolute Gasteiger partial charge is 0.465 e. The molecule has 7 nitrogen and oxygen atoms in total. The quantitative estimate of drug-likeness (QED) is 0.389. The Morgan fingerprint density at radius 1 is 1.10 bits per heavy atom. The topological polar surface area (TPSA) is 78.9 Å². The van der Waals surface area contributed by atoms with E-state index in [-0.39, 0.29) is 28.4 Å². The number of hydrogen-bond donors (Lipinski definition) is 1. The first-order chi connectivity index (χ1) is 19.7. The Bertz CT molecular complexity index is 1610. The summed E-state index contributed by atoms with van der Waals surface area (Å²) in [6.07, 6.45) is 2.06. The van der Waals surface area contributed by atoms with Gasteiger partial charge in [-0.25, -0.2) is 9.18 Å². The highest BCUT2D eigenvalue weighted by Gasteiger charge is 2.71. The van der Waals surface area contributed by atoms with Crippen molar-refractivity contribution in [3.63, 3.8) is 0 Å². The minimum Gasteiger partial charge on any atom is -0.465 e. The number of fused-ring (bicyclic) bond motifs is 3. The van der Waals surface area contributed by atoms with Gasteiger partial charge >= 0.3 is 5.97 Å². The third-order valence-electron chi connectivity index (χ3n) is 9.05. The number of methoxy groups -OCH3 is 1. The lowest BCUT2D eigenvalue weighted by molar-refractivity contribution is -0.128.